The summed E-state index contributed by atoms with van der Waals surface area (Å²) in [5, 5.41) is 3.53. The molecule has 1 aliphatic rings. The van der Waals surface area contributed by atoms with Gasteiger partial charge in [-0.25, -0.2) is 0 Å². The number of hydrogen-bond acceptors (Lipinski definition) is 3. The Labute approximate surface area is 123 Å². The zero-order valence-corrected chi connectivity index (χ0v) is 12.7. The molecule has 0 aliphatic carbocycles. The van der Waals surface area contributed by atoms with E-state index in [9.17, 15) is 0 Å². The molecule has 1 aliphatic heterocycles. The summed E-state index contributed by atoms with van der Waals surface area (Å²) >= 11 is 0. The zero-order valence-electron chi connectivity index (χ0n) is 12.7. The molecule has 3 heteroatoms. The van der Waals surface area contributed by atoms with Gasteiger partial charge in [-0.2, -0.15) is 0 Å². The number of aryl methyl sites for hydroxylation is 1. The van der Waals surface area contributed by atoms with Crippen LogP contribution in [0, 0.1) is 0 Å². The summed E-state index contributed by atoms with van der Waals surface area (Å²) in [6.45, 7) is 9.55. The molecule has 20 heavy (non-hydrogen) atoms. The third-order valence-corrected chi connectivity index (χ3v) is 3.94. The second-order valence-electron chi connectivity index (χ2n) is 5.51. The summed E-state index contributed by atoms with van der Waals surface area (Å²) in [5.41, 5.74) is 2.80. The summed E-state index contributed by atoms with van der Waals surface area (Å²) in [6.07, 6.45) is 3.65. The van der Waals surface area contributed by atoms with Crippen molar-refractivity contribution < 1.29 is 4.74 Å². The molecule has 1 aromatic carbocycles. The van der Waals surface area contributed by atoms with Gasteiger partial charge in [0.15, 0.2) is 0 Å². The summed E-state index contributed by atoms with van der Waals surface area (Å²) in [4.78, 5) is 2.51. The highest BCUT2D eigenvalue weighted by molar-refractivity contribution is 5.22. The number of nitrogens with one attached hydrogen (secondary N) is 1. The van der Waals surface area contributed by atoms with E-state index >= 15 is 0 Å². The largest absolute Gasteiger partial charge is 0.379 e. The molecule has 1 N–H and O–H groups in total. The van der Waals surface area contributed by atoms with E-state index in [-0.39, 0.29) is 0 Å². The molecule has 0 radical (unpaired) electrons. The predicted molar refractivity (Wildman–Crippen MR) is 84.0 cm³/mol. The first kappa shape index (κ1) is 15.5. The van der Waals surface area contributed by atoms with Gasteiger partial charge in [0.1, 0.15) is 0 Å². The normalized spacial score (nSPS) is 16.4. The molecule has 0 unspecified atom stereocenters. The Hall–Kier alpha value is -0.900. The first-order valence-electron chi connectivity index (χ1n) is 7.97. The van der Waals surface area contributed by atoms with Crippen LogP contribution in [-0.4, -0.2) is 44.3 Å². The molecule has 0 aromatic heterocycles. The molecule has 3 nitrogen and oxygen atoms in total. The van der Waals surface area contributed by atoms with E-state index in [1.54, 1.807) is 0 Å². The third-order valence-electron chi connectivity index (χ3n) is 3.94. The van der Waals surface area contributed by atoms with Gasteiger partial charge in [-0.05, 0) is 43.5 Å². The van der Waals surface area contributed by atoms with Crippen molar-refractivity contribution >= 4 is 0 Å². The number of benzene rings is 1. The van der Waals surface area contributed by atoms with Gasteiger partial charge in [0, 0.05) is 19.6 Å². The lowest BCUT2D eigenvalue weighted by Crippen LogP contribution is -2.37. The van der Waals surface area contributed by atoms with E-state index < -0.39 is 0 Å². The summed E-state index contributed by atoms with van der Waals surface area (Å²) in [7, 11) is 0. The van der Waals surface area contributed by atoms with E-state index in [4.69, 9.17) is 4.74 Å². The van der Waals surface area contributed by atoms with Crippen LogP contribution in [0.4, 0.5) is 0 Å². The Morgan fingerprint density at radius 3 is 2.45 bits per heavy atom. The van der Waals surface area contributed by atoms with Gasteiger partial charge in [-0.3, -0.25) is 4.90 Å². The Balaban J connectivity index is 1.50. The molecule has 1 heterocycles. The van der Waals surface area contributed by atoms with Gasteiger partial charge in [-0.1, -0.05) is 31.2 Å². The minimum atomic E-state index is 0.909. The Morgan fingerprint density at radius 1 is 1.05 bits per heavy atom. The smallest absolute Gasteiger partial charge is 0.0594 e. The van der Waals surface area contributed by atoms with Crippen molar-refractivity contribution in [2.45, 2.75) is 32.7 Å². The maximum atomic E-state index is 5.36. The molecule has 0 atom stereocenters. The van der Waals surface area contributed by atoms with Crippen LogP contribution >= 0.6 is 0 Å². The SMILES string of the molecule is CCc1ccc(CNCCCCN2CCOCC2)cc1. The molecule has 0 spiro atoms. The highest BCUT2D eigenvalue weighted by atomic mass is 16.5. The van der Waals surface area contributed by atoms with Crippen LogP contribution < -0.4 is 5.32 Å². The van der Waals surface area contributed by atoms with E-state index in [2.05, 4.69) is 41.4 Å². The molecular formula is C17H28N2O. The molecule has 0 saturated carbocycles. The minimum absolute atomic E-state index is 0.909. The lowest BCUT2D eigenvalue weighted by molar-refractivity contribution is 0.0372. The Morgan fingerprint density at radius 2 is 1.75 bits per heavy atom. The predicted octanol–water partition coefficient (Wildman–Crippen LogP) is 2.45. The van der Waals surface area contributed by atoms with Gasteiger partial charge in [0.05, 0.1) is 13.2 Å². The lowest BCUT2D eigenvalue weighted by Gasteiger charge is -2.26. The fourth-order valence-corrected chi connectivity index (χ4v) is 2.54. The second kappa shape index (κ2) is 9.11. The van der Waals surface area contributed by atoms with E-state index in [0.717, 1.165) is 45.8 Å². The maximum Gasteiger partial charge on any atom is 0.0594 e. The van der Waals surface area contributed by atoms with E-state index in [1.165, 1.54) is 30.5 Å². The lowest BCUT2D eigenvalue weighted by atomic mass is 10.1. The van der Waals surface area contributed by atoms with Crippen LogP contribution in [0.2, 0.25) is 0 Å². The number of nitrogens with zero attached hydrogens (tertiary/aromatic N) is 1. The van der Waals surface area contributed by atoms with Crippen molar-refractivity contribution in [1.82, 2.24) is 10.2 Å². The molecule has 1 aromatic rings. The Bertz CT molecular complexity index is 358. The standard InChI is InChI=1S/C17H28N2O/c1-2-16-5-7-17(8-6-16)15-18-9-3-4-10-19-11-13-20-14-12-19/h5-8,18H,2-4,9-15H2,1H3. The first-order chi connectivity index (χ1) is 9.88. The van der Waals surface area contributed by atoms with E-state index in [1.807, 2.05) is 0 Å². The monoisotopic (exact) mass is 276 g/mol. The zero-order chi connectivity index (χ0) is 14.0. The number of rotatable bonds is 8. The molecule has 0 bridgehead atoms. The minimum Gasteiger partial charge on any atom is -0.379 e. The Kier molecular flexibility index (Phi) is 7.06. The highest BCUT2D eigenvalue weighted by Crippen LogP contribution is 2.05. The van der Waals surface area contributed by atoms with Gasteiger partial charge < -0.3 is 10.1 Å². The average molecular weight is 276 g/mol. The number of hydrogen-bond donors (Lipinski definition) is 1. The highest BCUT2D eigenvalue weighted by Gasteiger charge is 2.08. The third kappa shape index (κ3) is 5.61. The van der Waals surface area contributed by atoms with Crippen LogP contribution in [0.15, 0.2) is 24.3 Å². The molecule has 2 rings (SSSR count). The maximum absolute atomic E-state index is 5.36. The number of unbranched alkanes of at least 4 members (excludes halogenated alkanes) is 1. The van der Waals surface area contributed by atoms with Crippen molar-refractivity contribution in [3.05, 3.63) is 35.4 Å². The molecule has 0 amide bonds. The van der Waals surface area contributed by atoms with Gasteiger partial charge >= 0.3 is 0 Å². The summed E-state index contributed by atoms with van der Waals surface area (Å²) in [5.74, 6) is 0. The summed E-state index contributed by atoms with van der Waals surface area (Å²) < 4.78 is 5.36. The number of morpholine rings is 1. The fourth-order valence-electron chi connectivity index (χ4n) is 2.54. The first-order valence-corrected chi connectivity index (χ1v) is 7.97. The van der Waals surface area contributed by atoms with Crippen LogP contribution in [0.25, 0.3) is 0 Å². The average Bonchev–Trinajstić information content (AvgIpc) is 2.52. The quantitative estimate of drug-likeness (QED) is 0.738. The van der Waals surface area contributed by atoms with Crippen molar-refractivity contribution in [1.29, 1.82) is 0 Å². The summed E-state index contributed by atoms with van der Waals surface area (Å²) in [6, 6.07) is 8.93. The van der Waals surface area contributed by atoms with Crippen LogP contribution in [-0.2, 0) is 17.7 Å². The second-order valence-corrected chi connectivity index (χ2v) is 5.51. The van der Waals surface area contributed by atoms with Crippen molar-refractivity contribution in [2.24, 2.45) is 0 Å². The molecule has 1 saturated heterocycles. The molecular weight excluding hydrogens is 248 g/mol. The number of ether oxygens (including phenoxy) is 1. The van der Waals surface area contributed by atoms with Gasteiger partial charge in [-0.15, -0.1) is 0 Å². The van der Waals surface area contributed by atoms with Crippen LogP contribution in [0.3, 0.4) is 0 Å². The van der Waals surface area contributed by atoms with Crippen LogP contribution in [0.1, 0.15) is 30.9 Å². The molecule has 112 valence electrons. The van der Waals surface area contributed by atoms with Crippen LogP contribution in [0.5, 0.6) is 0 Å². The van der Waals surface area contributed by atoms with Gasteiger partial charge in [0.2, 0.25) is 0 Å². The van der Waals surface area contributed by atoms with Crippen molar-refractivity contribution in [3.8, 4) is 0 Å². The fraction of sp³-hybridized carbons (Fsp3) is 0.647. The molecule has 1 fully saturated rings. The van der Waals surface area contributed by atoms with E-state index in [0.29, 0.717) is 0 Å². The van der Waals surface area contributed by atoms with Crippen molar-refractivity contribution in [3.63, 3.8) is 0 Å². The topological polar surface area (TPSA) is 24.5 Å². The van der Waals surface area contributed by atoms with Gasteiger partial charge in [0.25, 0.3) is 0 Å². The van der Waals surface area contributed by atoms with Crippen molar-refractivity contribution in [2.75, 3.05) is 39.4 Å².